The van der Waals surface area contributed by atoms with Crippen molar-refractivity contribution in [2.45, 2.75) is 83.6 Å². The zero-order chi connectivity index (χ0) is 32.0. The highest BCUT2D eigenvalue weighted by molar-refractivity contribution is 5.97. The summed E-state index contributed by atoms with van der Waals surface area (Å²) in [6.45, 7) is 4.40. The Morgan fingerprint density at radius 3 is 2.20 bits per heavy atom. The molecule has 0 aromatic heterocycles. The third kappa shape index (κ3) is 10.4. The molecule has 238 valence electrons. The summed E-state index contributed by atoms with van der Waals surface area (Å²) < 4.78 is 62.9. The SMILES string of the molecule is CCCCCC[C@@H](OC(=O)c1ccccc1OC(=O)c1ccc(-c2ccccc2)c(OCCCC(CC)OC)c1)C(F)(F)F. The van der Waals surface area contributed by atoms with Gasteiger partial charge in [-0.3, -0.25) is 0 Å². The van der Waals surface area contributed by atoms with Crippen molar-refractivity contribution < 1.29 is 41.7 Å². The average Bonchev–Trinajstić information content (AvgIpc) is 3.02. The Hall–Kier alpha value is -3.85. The zero-order valence-corrected chi connectivity index (χ0v) is 25.5. The number of halogens is 3. The molecule has 1 unspecified atom stereocenters. The maximum Gasteiger partial charge on any atom is 0.425 e. The van der Waals surface area contributed by atoms with Crippen molar-refractivity contribution in [2.24, 2.45) is 0 Å². The fourth-order valence-corrected chi connectivity index (χ4v) is 4.73. The second kappa shape index (κ2) is 17.4. The van der Waals surface area contributed by atoms with Crippen LogP contribution >= 0.6 is 0 Å². The van der Waals surface area contributed by atoms with Crippen LogP contribution in [0.15, 0.2) is 72.8 Å². The lowest BCUT2D eigenvalue weighted by atomic mass is 10.0. The van der Waals surface area contributed by atoms with E-state index < -0.39 is 24.2 Å². The molecule has 3 aromatic carbocycles. The van der Waals surface area contributed by atoms with Gasteiger partial charge in [-0.2, -0.15) is 13.2 Å². The molecule has 0 amide bonds. The second-order valence-electron chi connectivity index (χ2n) is 10.5. The molecule has 0 fully saturated rings. The van der Waals surface area contributed by atoms with Gasteiger partial charge in [-0.25, -0.2) is 9.59 Å². The summed E-state index contributed by atoms with van der Waals surface area (Å²) in [6, 6.07) is 20.0. The number of ether oxygens (including phenoxy) is 4. The van der Waals surface area contributed by atoms with Crippen molar-refractivity contribution in [2.75, 3.05) is 13.7 Å². The molecular formula is C35H41F3O6. The van der Waals surface area contributed by atoms with Gasteiger partial charge in [-0.1, -0.05) is 75.6 Å². The van der Waals surface area contributed by atoms with Gasteiger partial charge in [0.2, 0.25) is 0 Å². The minimum Gasteiger partial charge on any atom is -0.493 e. The van der Waals surface area contributed by atoms with Gasteiger partial charge in [-0.05, 0) is 68.0 Å². The first-order valence-electron chi connectivity index (χ1n) is 15.1. The van der Waals surface area contributed by atoms with Crippen LogP contribution in [-0.2, 0) is 9.47 Å². The number of hydrogen-bond acceptors (Lipinski definition) is 6. The first-order valence-corrected chi connectivity index (χ1v) is 15.1. The molecule has 44 heavy (non-hydrogen) atoms. The molecule has 6 nitrogen and oxygen atoms in total. The molecule has 0 aliphatic rings. The van der Waals surface area contributed by atoms with E-state index in [9.17, 15) is 22.8 Å². The third-order valence-electron chi connectivity index (χ3n) is 7.26. The topological polar surface area (TPSA) is 71.1 Å². The number of para-hydroxylation sites is 1. The Kier molecular flexibility index (Phi) is 13.7. The van der Waals surface area contributed by atoms with Crippen molar-refractivity contribution >= 4 is 11.9 Å². The van der Waals surface area contributed by atoms with Gasteiger partial charge in [0.1, 0.15) is 17.1 Å². The molecule has 0 N–H and O–H groups in total. The number of benzene rings is 3. The molecule has 0 heterocycles. The molecule has 0 aliphatic carbocycles. The van der Waals surface area contributed by atoms with E-state index >= 15 is 0 Å². The van der Waals surface area contributed by atoms with E-state index in [2.05, 4.69) is 6.92 Å². The number of alkyl halides is 3. The quantitative estimate of drug-likeness (QED) is 0.0858. The number of esters is 2. The lowest BCUT2D eigenvalue weighted by molar-refractivity contribution is -0.206. The number of unbranched alkanes of at least 4 members (excludes halogenated alkanes) is 3. The Morgan fingerprint density at radius 1 is 0.795 bits per heavy atom. The monoisotopic (exact) mass is 614 g/mol. The van der Waals surface area contributed by atoms with Crippen molar-refractivity contribution in [3.63, 3.8) is 0 Å². The number of hydrogen-bond donors (Lipinski definition) is 0. The van der Waals surface area contributed by atoms with Crippen molar-refractivity contribution in [1.82, 2.24) is 0 Å². The van der Waals surface area contributed by atoms with Gasteiger partial charge in [0.15, 0.2) is 6.10 Å². The molecule has 9 heteroatoms. The lowest BCUT2D eigenvalue weighted by Gasteiger charge is -2.21. The van der Waals surface area contributed by atoms with Crippen molar-refractivity contribution in [1.29, 1.82) is 0 Å². The first-order chi connectivity index (χ1) is 21.2. The summed E-state index contributed by atoms with van der Waals surface area (Å²) in [5.41, 5.74) is 1.55. The van der Waals surface area contributed by atoms with Crippen LogP contribution in [0.5, 0.6) is 11.5 Å². The second-order valence-corrected chi connectivity index (χ2v) is 10.5. The van der Waals surface area contributed by atoms with Crippen LogP contribution in [0.2, 0.25) is 0 Å². The van der Waals surface area contributed by atoms with E-state index in [-0.39, 0.29) is 35.8 Å². The zero-order valence-electron chi connectivity index (χ0n) is 25.5. The van der Waals surface area contributed by atoms with Crippen molar-refractivity contribution in [3.8, 4) is 22.6 Å². The molecule has 0 saturated carbocycles. The highest BCUT2D eigenvalue weighted by atomic mass is 19.4. The van der Waals surface area contributed by atoms with Crippen LogP contribution in [-0.4, -0.2) is 44.0 Å². The Bertz CT molecular complexity index is 1320. The van der Waals surface area contributed by atoms with Gasteiger partial charge in [0, 0.05) is 12.7 Å². The van der Waals surface area contributed by atoms with Crippen molar-refractivity contribution in [3.05, 3.63) is 83.9 Å². The smallest absolute Gasteiger partial charge is 0.425 e. The summed E-state index contributed by atoms with van der Waals surface area (Å²) in [5.74, 6) is -1.74. The van der Waals surface area contributed by atoms with Gasteiger partial charge in [-0.15, -0.1) is 0 Å². The molecular weight excluding hydrogens is 573 g/mol. The predicted molar refractivity (Wildman–Crippen MR) is 163 cm³/mol. The minimum atomic E-state index is -4.72. The summed E-state index contributed by atoms with van der Waals surface area (Å²) >= 11 is 0. The lowest BCUT2D eigenvalue weighted by Crippen LogP contribution is -2.34. The number of methoxy groups -OCH3 is 1. The number of rotatable bonds is 17. The molecule has 0 bridgehead atoms. The normalized spacial score (nSPS) is 12.8. The predicted octanol–water partition coefficient (Wildman–Crippen LogP) is 9.21. The van der Waals surface area contributed by atoms with Gasteiger partial charge < -0.3 is 18.9 Å². The maximum atomic E-state index is 13.6. The first kappa shape index (κ1) is 34.6. The summed E-state index contributed by atoms with van der Waals surface area (Å²) in [5, 5.41) is 0. The van der Waals surface area contributed by atoms with Crippen LogP contribution in [0.25, 0.3) is 11.1 Å². The van der Waals surface area contributed by atoms with E-state index in [4.69, 9.17) is 18.9 Å². The van der Waals surface area contributed by atoms with E-state index in [1.807, 2.05) is 37.3 Å². The van der Waals surface area contributed by atoms with Crippen LogP contribution < -0.4 is 9.47 Å². The maximum absolute atomic E-state index is 13.6. The largest absolute Gasteiger partial charge is 0.493 e. The van der Waals surface area contributed by atoms with E-state index in [1.165, 1.54) is 24.3 Å². The van der Waals surface area contributed by atoms with E-state index in [0.717, 1.165) is 43.2 Å². The van der Waals surface area contributed by atoms with Gasteiger partial charge in [0.25, 0.3) is 0 Å². The molecule has 0 radical (unpaired) electrons. The molecule has 0 spiro atoms. The Morgan fingerprint density at radius 2 is 1.52 bits per heavy atom. The molecule has 2 atom stereocenters. The Labute approximate surface area is 257 Å². The van der Waals surface area contributed by atoms with E-state index in [0.29, 0.717) is 18.8 Å². The van der Waals surface area contributed by atoms with Gasteiger partial charge >= 0.3 is 18.1 Å². The molecule has 3 rings (SSSR count). The number of carbonyl (C=O) groups excluding carboxylic acids is 2. The van der Waals surface area contributed by atoms with E-state index in [1.54, 1.807) is 25.3 Å². The van der Waals surface area contributed by atoms with Crippen LogP contribution in [0.1, 0.15) is 85.9 Å². The standard InChI is InChI=1S/C35H41F3O6/c1-4-6-7-11-20-32(35(36,37)38)44-34(40)29-18-12-13-19-30(29)43-33(39)26-21-22-28(25-15-9-8-10-16-25)31(24-26)42-23-14-17-27(5-2)41-3/h8-10,12-13,15-16,18-19,21-22,24,27,32H,4-7,11,14,17,20,23H2,1-3H3/t27?,32-/m1/s1. The highest BCUT2D eigenvalue weighted by Gasteiger charge is 2.42. The third-order valence-corrected chi connectivity index (χ3v) is 7.26. The molecule has 3 aromatic rings. The van der Waals surface area contributed by atoms with Crippen LogP contribution in [0.4, 0.5) is 13.2 Å². The minimum absolute atomic E-state index is 0.132. The van der Waals surface area contributed by atoms with Crippen LogP contribution in [0, 0.1) is 0 Å². The fourth-order valence-electron chi connectivity index (χ4n) is 4.73. The summed E-state index contributed by atoms with van der Waals surface area (Å²) in [6.07, 6.45) is -2.19. The summed E-state index contributed by atoms with van der Waals surface area (Å²) in [4.78, 5) is 26.1. The summed E-state index contributed by atoms with van der Waals surface area (Å²) in [7, 11) is 1.68. The molecule has 0 aliphatic heterocycles. The average molecular weight is 615 g/mol. The fraction of sp³-hybridized carbons (Fsp3) is 0.429. The molecule has 0 saturated heterocycles. The number of carbonyl (C=O) groups is 2. The van der Waals surface area contributed by atoms with Gasteiger partial charge in [0.05, 0.1) is 18.3 Å². The van der Waals surface area contributed by atoms with Crippen LogP contribution in [0.3, 0.4) is 0 Å². The Balaban J connectivity index is 1.79. The highest BCUT2D eigenvalue weighted by Crippen LogP contribution is 2.33.